The number of pyridine rings is 1. The van der Waals surface area contributed by atoms with Gasteiger partial charge >= 0.3 is 5.97 Å². The summed E-state index contributed by atoms with van der Waals surface area (Å²) < 4.78 is 0. The second-order valence-corrected chi connectivity index (χ2v) is 4.89. The Kier molecular flexibility index (Phi) is 5.94. The minimum atomic E-state index is -1.06. The molecule has 0 saturated heterocycles. The minimum Gasteiger partial charge on any atom is -0.480 e. The first-order chi connectivity index (χ1) is 8.56. The standard InChI is InChI=1S/C11H13ClN2O3S/c1-18-5-3-9(11(16)17)14-10(15)7-6-13-4-2-8(7)12/h2,4,6,9H,3,5H2,1H3,(H,14,15)(H,16,17)/t9-/m1/s1. The first-order valence-corrected chi connectivity index (χ1v) is 6.95. The number of hydrogen-bond donors (Lipinski definition) is 2. The van der Waals surface area contributed by atoms with E-state index in [9.17, 15) is 9.59 Å². The summed E-state index contributed by atoms with van der Waals surface area (Å²) in [5, 5.41) is 11.7. The molecular formula is C11H13ClN2O3S. The summed E-state index contributed by atoms with van der Waals surface area (Å²) >= 11 is 7.35. The molecule has 1 atom stereocenters. The van der Waals surface area contributed by atoms with Crippen LogP contribution in [0.4, 0.5) is 0 Å². The molecule has 0 aliphatic heterocycles. The molecule has 0 aliphatic rings. The summed E-state index contributed by atoms with van der Waals surface area (Å²) in [6.07, 6.45) is 5.01. The molecule has 0 aromatic carbocycles. The molecule has 1 rings (SSSR count). The molecule has 7 heteroatoms. The molecule has 0 fully saturated rings. The van der Waals surface area contributed by atoms with Gasteiger partial charge in [0.1, 0.15) is 6.04 Å². The number of carboxylic acids is 1. The highest BCUT2D eigenvalue weighted by atomic mass is 35.5. The van der Waals surface area contributed by atoms with Gasteiger partial charge in [0.15, 0.2) is 0 Å². The number of aliphatic carboxylic acids is 1. The largest absolute Gasteiger partial charge is 0.480 e. The lowest BCUT2D eigenvalue weighted by molar-refractivity contribution is -0.139. The monoisotopic (exact) mass is 288 g/mol. The highest BCUT2D eigenvalue weighted by molar-refractivity contribution is 7.98. The van der Waals surface area contributed by atoms with E-state index in [4.69, 9.17) is 16.7 Å². The van der Waals surface area contributed by atoms with Crippen molar-refractivity contribution in [1.82, 2.24) is 10.3 Å². The number of amides is 1. The van der Waals surface area contributed by atoms with Gasteiger partial charge in [0.05, 0.1) is 10.6 Å². The van der Waals surface area contributed by atoms with Crippen LogP contribution in [0.5, 0.6) is 0 Å². The molecule has 98 valence electrons. The van der Waals surface area contributed by atoms with E-state index in [-0.39, 0.29) is 10.6 Å². The van der Waals surface area contributed by atoms with Crippen LogP contribution in [0.2, 0.25) is 5.02 Å². The van der Waals surface area contributed by atoms with Crippen molar-refractivity contribution < 1.29 is 14.7 Å². The normalized spacial score (nSPS) is 11.9. The lowest BCUT2D eigenvalue weighted by Crippen LogP contribution is -2.41. The molecule has 1 amide bonds. The van der Waals surface area contributed by atoms with Crippen LogP contribution in [0.1, 0.15) is 16.8 Å². The Labute approximate surface area is 114 Å². The third kappa shape index (κ3) is 4.19. The van der Waals surface area contributed by atoms with Crippen molar-refractivity contribution in [3.8, 4) is 0 Å². The summed E-state index contributed by atoms with van der Waals surface area (Å²) in [6, 6.07) is 0.565. The van der Waals surface area contributed by atoms with Gasteiger partial charge in [-0.25, -0.2) is 4.79 Å². The van der Waals surface area contributed by atoms with Crippen LogP contribution in [0.15, 0.2) is 18.5 Å². The number of aromatic nitrogens is 1. The molecule has 0 spiro atoms. The van der Waals surface area contributed by atoms with Gasteiger partial charge in [0.25, 0.3) is 5.91 Å². The van der Waals surface area contributed by atoms with E-state index in [1.807, 2.05) is 6.26 Å². The third-order valence-corrected chi connectivity index (χ3v) is 3.20. The minimum absolute atomic E-state index is 0.176. The maximum atomic E-state index is 11.8. The average Bonchev–Trinajstić information content (AvgIpc) is 2.34. The van der Waals surface area contributed by atoms with Crippen LogP contribution in [0.3, 0.4) is 0 Å². The van der Waals surface area contributed by atoms with E-state index in [2.05, 4.69) is 10.3 Å². The molecule has 0 bridgehead atoms. The summed E-state index contributed by atoms with van der Waals surface area (Å²) in [5.74, 6) is -0.933. The number of thioether (sulfide) groups is 1. The van der Waals surface area contributed by atoms with E-state index in [1.54, 1.807) is 0 Å². The maximum absolute atomic E-state index is 11.8. The quantitative estimate of drug-likeness (QED) is 0.832. The lowest BCUT2D eigenvalue weighted by atomic mass is 10.2. The predicted octanol–water partition coefficient (Wildman–Crippen LogP) is 1.67. The van der Waals surface area contributed by atoms with Crippen molar-refractivity contribution in [3.05, 3.63) is 29.0 Å². The zero-order valence-corrected chi connectivity index (χ0v) is 11.3. The Bertz CT molecular complexity index is 442. The predicted molar refractivity (Wildman–Crippen MR) is 71.1 cm³/mol. The van der Waals surface area contributed by atoms with E-state index in [0.717, 1.165) is 0 Å². The van der Waals surface area contributed by atoms with Gasteiger partial charge in [0, 0.05) is 12.4 Å². The van der Waals surface area contributed by atoms with Gasteiger partial charge in [-0.15, -0.1) is 0 Å². The molecule has 0 unspecified atom stereocenters. The Hall–Kier alpha value is -1.27. The van der Waals surface area contributed by atoms with Crippen molar-refractivity contribution in [2.24, 2.45) is 0 Å². The van der Waals surface area contributed by atoms with Crippen molar-refractivity contribution >= 4 is 35.2 Å². The van der Waals surface area contributed by atoms with Crippen LogP contribution in [-0.2, 0) is 4.79 Å². The fourth-order valence-electron chi connectivity index (χ4n) is 1.27. The Morgan fingerprint density at radius 1 is 1.61 bits per heavy atom. The molecule has 1 aromatic heterocycles. The van der Waals surface area contributed by atoms with Crippen LogP contribution in [-0.4, -0.2) is 40.0 Å². The van der Waals surface area contributed by atoms with Gasteiger partial charge in [-0.3, -0.25) is 9.78 Å². The number of hydrogen-bond acceptors (Lipinski definition) is 4. The van der Waals surface area contributed by atoms with E-state index >= 15 is 0 Å². The molecule has 5 nitrogen and oxygen atoms in total. The average molecular weight is 289 g/mol. The van der Waals surface area contributed by atoms with E-state index in [0.29, 0.717) is 12.2 Å². The topological polar surface area (TPSA) is 79.3 Å². The van der Waals surface area contributed by atoms with Crippen LogP contribution in [0, 0.1) is 0 Å². The number of nitrogens with one attached hydrogen (secondary N) is 1. The number of nitrogens with zero attached hydrogens (tertiary/aromatic N) is 1. The molecule has 0 saturated carbocycles. The van der Waals surface area contributed by atoms with Crippen molar-refractivity contribution in [2.45, 2.75) is 12.5 Å². The fraction of sp³-hybridized carbons (Fsp3) is 0.364. The number of halogens is 1. The van der Waals surface area contributed by atoms with Gasteiger partial charge in [-0.1, -0.05) is 11.6 Å². The summed E-state index contributed by atoms with van der Waals surface area (Å²) in [4.78, 5) is 26.6. The van der Waals surface area contributed by atoms with Crippen LogP contribution < -0.4 is 5.32 Å². The Morgan fingerprint density at radius 3 is 2.89 bits per heavy atom. The Morgan fingerprint density at radius 2 is 2.33 bits per heavy atom. The second kappa shape index (κ2) is 7.23. The number of carbonyl (C=O) groups is 2. The molecule has 0 radical (unpaired) electrons. The summed E-state index contributed by atoms with van der Waals surface area (Å²) in [5.41, 5.74) is 0.176. The first-order valence-electron chi connectivity index (χ1n) is 5.18. The van der Waals surface area contributed by atoms with Crippen LogP contribution in [0.25, 0.3) is 0 Å². The molecule has 2 N–H and O–H groups in total. The van der Waals surface area contributed by atoms with E-state index < -0.39 is 17.9 Å². The SMILES string of the molecule is CSCC[C@@H](NC(=O)c1cnccc1Cl)C(=O)O. The third-order valence-electron chi connectivity index (χ3n) is 2.23. The highest BCUT2D eigenvalue weighted by Crippen LogP contribution is 2.13. The zero-order valence-electron chi connectivity index (χ0n) is 9.72. The van der Waals surface area contributed by atoms with Gasteiger partial charge in [-0.05, 0) is 24.5 Å². The van der Waals surface area contributed by atoms with Crippen LogP contribution >= 0.6 is 23.4 Å². The second-order valence-electron chi connectivity index (χ2n) is 3.50. The molecule has 1 aromatic rings. The van der Waals surface area contributed by atoms with Crippen molar-refractivity contribution in [1.29, 1.82) is 0 Å². The number of carboxylic acid groups (broad SMARTS) is 1. The molecule has 18 heavy (non-hydrogen) atoms. The summed E-state index contributed by atoms with van der Waals surface area (Å²) in [6.45, 7) is 0. The van der Waals surface area contributed by atoms with E-state index in [1.165, 1.54) is 30.2 Å². The maximum Gasteiger partial charge on any atom is 0.326 e. The smallest absolute Gasteiger partial charge is 0.326 e. The first kappa shape index (κ1) is 14.8. The highest BCUT2D eigenvalue weighted by Gasteiger charge is 2.21. The molecular weight excluding hydrogens is 276 g/mol. The van der Waals surface area contributed by atoms with Gasteiger partial charge in [0.2, 0.25) is 0 Å². The van der Waals surface area contributed by atoms with Gasteiger partial charge in [-0.2, -0.15) is 11.8 Å². The van der Waals surface area contributed by atoms with Gasteiger partial charge < -0.3 is 10.4 Å². The number of rotatable bonds is 6. The zero-order chi connectivity index (χ0) is 13.5. The molecule has 1 heterocycles. The van der Waals surface area contributed by atoms with Crippen molar-refractivity contribution in [3.63, 3.8) is 0 Å². The summed E-state index contributed by atoms with van der Waals surface area (Å²) in [7, 11) is 0. The Balaban J connectivity index is 2.72. The fourth-order valence-corrected chi connectivity index (χ4v) is 1.94. The number of carbonyl (C=O) groups excluding carboxylic acids is 1. The molecule has 0 aliphatic carbocycles. The lowest BCUT2D eigenvalue weighted by Gasteiger charge is -2.14. The van der Waals surface area contributed by atoms with Crippen molar-refractivity contribution in [2.75, 3.05) is 12.0 Å².